The lowest BCUT2D eigenvalue weighted by Crippen LogP contribution is -2.13. The molecule has 0 heterocycles. The van der Waals surface area contributed by atoms with Gasteiger partial charge in [0.1, 0.15) is 0 Å². The number of carbonyl (C=O) groups is 1. The molecule has 80 valence electrons. The van der Waals surface area contributed by atoms with Crippen molar-refractivity contribution in [2.24, 2.45) is 5.73 Å². The first-order valence-electron chi connectivity index (χ1n) is 4.77. The summed E-state index contributed by atoms with van der Waals surface area (Å²) in [5.74, 6) is -0.438. The van der Waals surface area contributed by atoms with Crippen LogP contribution in [0.15, 0.2) is 22.7 Å². The van der Waals surface area contributed by atoms with Crippen molar-refractivity contribution in [1.29, 1.82) is 0 Å². The van der Waals surface area contributed by atoms with Crippen LogP contribution in [-0.2, 0) is 9.53 Å². The summed E-state index contributed by atoms with van der Waals surface area (Å²) in [6, 6.07) is 5.75. The fourth-order valence-electron chi connectivity index (χ4n) is 2.10. The van der Waals surface area contributed by atoms with Crippen LogP contribution in [0.25, 0.3) is 0 Å². The highest BCUT2D eigenvalue weighted by Crippen LogP contribution is 2.43. The van der Waals surface area contributed by atoms with Crippen LogP contribution >= 0.6 is 15.9 Å². The van der Waals surface area contributed by atoms with Crippen molar-refractivity contribution >= 4 is 21.9 Å². The molecule has 4 heteroatoms. The van der Waals surface area contributed by atoms with E-state index in [-0.39, 0.29) is 17.9 Å². The molecule has 1 aliphatic rings. The normalized spacial score (nSPS) is 23.7. The number of fused-ring (bicyclic) bond motifs is 1. The lowest BCUT2D eigenvalue weighted by molar-refractivity contribution is -0.142. The molecule has 1 aromatic carbocycles. The average Bonchev–Trinajstić information content (AvgIpc) is 2.57. The van der Waals surface area contributed by atoms with Crippen LogP contribution in [-0.4, -0.2) is 13.1 Å². The smallest absolute Gasteiger partial charge is 0.313 e. The van der Waals surface area contributed by atoms with Crippen LogP contribution in [0, 0.1) is 0 Å². The highest BCUT2D eigenvalue weighted by atomic mass is 79.9. The number of esters is 1. The molecule has 2 unspecified atom stereocenters. The SMILES string of the molecule is COC(=O)C1CC(N)c2cccc(Br)c21. The second-order valence-electron chi connectivity index (χ2n) is 3.66. The molecule has 0 spiro atoms. The molecule has 1 aliphatic carbocycles. The molecule has 0 bridgehead atoms. The molecule has 2 rings (SSSR count). The van der Waals surface area contributed by atoms with Crippen LogP contribution in [0.2, 0.25) is 0 Å². The summed E-state index contributed by atoms with van der Waals surface area (Å²) in [7, 11) is 1.41. The van der Waals surface area contributed by atoms with Crippen LogP contribution in [0.1, 0.15) is 29.5 Å². The first kappa shape index (κ1) is 10.6. The van der Waals surface area contributed by atoms with Gasteiger partial charge in [-0.25, -0.2) is 0 Å². The average molecular weight is 270 g/mol. The zero-order valence-electron chi connectivity index (χ0n) is 8.37. The summed E-state index contributed by atoms with van der Waals surface area (Å²) in [4.78, 5) is 11.6. The van der Waals surface area contributed by atoms with Gasteiger partial charge in [0.15, 0.2) is 0 Å². The first-order chi connectivity index (χ1) is 7.15. The number of halogens is 1. The minimum atomic E-state index is -0.226. The molecule has 2 N–H and O–H groups in total. The Morgan fingerprint density at radius 2 is 2.33 bits per heavy atom. The van der Waals surface area contributed by atoms with E-state index in [1.165, 1.54) is 7.11 Å². The number of ether oxygens (including phenoxy) is 1. The Morgan fingerprint density at radius 1 is 1.60 bits per heavy atom. The first-order valence-corrected chi connectivity index (χ1v) is 5.56. The van der Waals surface area contributed by atoms with Gasteiger partial charge in [-0.2, -0.15) is 0 Å². The Morgan fingerprint density at radius 3 is 3.00 bits per heavy atom. The van der Waals surface area contributed by atoms with Gasteiger partial charge in [-0.3, -0.25) is 4.79 Å². The minimum absolute atomic E-state index is 0.0680. The van der Waals surface area contributed by atoms with Crippen molar-refractivity contribution in [2.75, 3.05) is 7.11 Å². The Kier molecular flexibility index (Phi) is 2.80. The fraction of sp³-hybridized carbons (Fsp3) is 0.364. The summed E-state index contributed by atoms with van der Waals surface area (Å²) < 4.78 is 5.71. The van der Waals surface area contributed by atoms with E-state index in [1.807, 2.05) is 18.2 Å². The fourth-order valence-corrected chi connectivity index (χ4v) is 2.76. The van der Waals surface area contributed by atoms with E-state index in [0.29, 0.717) is 6.42 Å². The molecule has 2 atom stereocenters. The van der Waals surface area contributed by atoms with Gasteiger partial charge >= 0.3 is 5.97 Å². The summed E-state index contributed by atoms with van der Waals surface area (Å²) in [5, 5.41) is 0. The van der Waals surface area contributed by atoms with E-state index < -0.39 is 0 Å². The van der Waals surface area contributed by atoms with E-state index in [4.69, 9.17) is 10.5 Å². The van der Waals surface area contributed by atoms with Crippen LogP contribution in [0.4, 0.5) is 0 Å². The molecule has 1 aromatic rings. The quantitative estimate of drug-likeness (QED) is 0.795. The number of benzene rings is 1. The molecule has 15 heavy (non-hydrogen) atoms. The molecule has 0 aliphatic heterocycles. The zero-order valence-corrected chi connectivity index (χ0v) is 9.95. The van der Waals surface area contributed by atoms with Crippen LogP contribution < -0.4 is 5.73 Å². The van der Waals surface area contributed by atoms with E-state index in [1.54, 1.807) is 0 Å². The molecule has 0 aromatic heterocycles. The van der Waals surface area contributed by atoms with Gasteiger partial charge < -0.3 is 10.5 Å². The van der Waals surface area contributed by atoms with Crippen LogP contribution in [0.5, 0.6) is 0 Å². The third-order valence-electron chi connectivity index (χ3n) is 2.81. The van der Waals surface area contributed by atoms with Crippen molar-refractivity contribution < 1.29 is 9.53 Å². The summed E-state index contributed by atoms with van der Waals surface area (Å²) in [6.07, 6.45) is 0.630. The van der Waals surface area contributed by atoms with Gasteiger partial charge in [0.05, 0.1) is 13.0 Å². The number of methoxy groups -OCH3 is 1. The summed E-state index contributed by atoms with van der Waals surface area (Å²) >= 11 is 3.45. The minimum Gasteiger partial charge on any atom is -0.469 e. The largest absolute Gasteiger partial charge is 0.469 e. The number of nitrogens with two attached hydrogens (primary N) is 1. The summed E-state index contributed by atoms with van der Waals surface area (Å²) in [6.45, 7) is 0. The van der Waals surface area contributed by atoms with Gasteiger partial charge in [0.25, 0.3) is 0 Å². The predicted molar refractivity (Wildman–Crippen MR) is 60.4 cm³/mol. The molecule has 0 saturated carbocycles. The Balaban J connectivity index is 2.48. The van der Waals surface area contributed by atoms with Gasteiger partial charge in [-0.1, -0.05) is 28.1 Å². The number of hydrogen-bond donors (Lipinski definition) is 1. The highest BCUT2D eigenvalue weighted by molar-refractivity contribution is 9.10. The molecular formula is C11H12BrNO2. The van der Waals surface area contributed by atoms with Gasteiger partial charge in [0.2, 0.25) is 0 Å². The Labute approximate surface area is 96.7 Å². The standard InChI is InChI=1S/C11H12BrNO2/c1-15-11(14)7-5-9(13)6-3-2-4-8(12)10(6)7/h2-4,7,9H,5,13H2,1H3. The van der Waals surface area contributed by atoms with Crippen molar-refractivity contribution in [3.8, 4) is 0 Å². The number of carbonyl (C=O) groups excluding carboxylic acids is 1. The molecule has 0 radical (unpaired) electrons. The third kappa shape index (κ3) is 1.68. The maximum Gasteiger partial charge on any atom is 0.313 e. The second-order valence-corrected chi connectivity index (χ2v) is 4.52. The lowest BCUT2D eigenvalue weighted by Gasteiger charge is -2.10. The van der Waals surface area contributed by atoms with E-state index in [0.717, 1.165) is 15.6 Å². The second kappa shape index (κ2) is 3.94. The molecule has 0 saturated heterocycles. The van der Waals surface area contributed by atoms with E-state index in [9.17, 15) is 4.79 Å². The maximum absolute atomic E-state index is 11.6. The zero-order chi connectivity index (χ0) is 11.0. The van der Waals surface area contributed by atoms with E-state index in [2.05, 4.69) is 15.9 Å². The van der Waals surface area contributed by atoms with Gasteiger partial charge in [-0.15, -0.1) is 0 Å². The van der Waals surface area contributed by atoms with Crippen molar-refractivity contribution in [3.05, 3.63) is 33.8 Å². The van der Waals surface area contributed by atoms with Crippen molar-refractivity contribution in [2.45, 2.75) is 18.4 Å². The highest BCUT2D eigenvalue weighted by Gasteiger charge is 2.35. The third-order valence-corrected chi connectivity index (χ3v) is 3.50. The van der Waals surface area contributed by atoms with E-state index >= 15 is 0 Å². The molecule has 0 fully saturated rings. The Bertz CT molecular complexity index is 406. The van der Waals surface area contributed by atoms with Crippen molar-refractivity contribution in [1.82, 2.24) is 0 Å². The van der Waals surface area contributed by atoms with Crippen molar-refractivity contribution in [3.63, 3.8) is 0 Å². The number of rotatable bonds is 1. The van der Waals surface area contributed by atoms with Gasteiger partial charge in [0, 0.05) is 10.5 Å². The number of hydrogen-bond acceptors (Lipinski definition) is 3. The monoisotopic (exact) mass is 269 g/mol. The summed E-state index contributed by atoms with van der Waals surface area (Å²) in [5.41, 5.74) is 7.99. The molecule has 0 amide bonds. The lowest BCUT2D eigenvalue weighted by atomic mass is 10.0. The molecular weight excluding hydrogens is 258 g/mol. The topological polar surface area (TPSA) is 52.3 Å². The molecule has 3 nitrogen and oxygen atoms in total. The maximum atomic E-state index is 11.6. The van der Waals surface area contributed by atoms with Gasteiger partial charge in [-0.05, 0) is 23.6 Å². The predicted octanol–water partition coefficient (Wildman–Crippen LogP) is 2.11. The van der Waals surface area contributed by atoms with Crippen LogP contribution in [0.3, 0.4) is 0 Å². The Hall–Kier alpha value is -0.870.